The number of piperidine rings is 1. The maximum absolute atomic E-state index is 12.4. The van der Waals surface area contributed by atoms with Crippen molar-refractivity contribution < 1.29 is 29.0 Å². The molecule has 35 heavy (non-hydrogen) atoms. The second-order valence-corrected chi connectivity index (χ2v) is 9.43. The fraction of sp³-hybridized carbons (Fsp3) is 0.444. The largest absolute Gasteiger partial charge is 0.481 e. The summed E-state index contributed by atoms with van der Waals surface area (Å²) in [7, 11) is 0. The average Bonchev–Trinajstić information content (AvgIpc) is 3.52. The molecule has 2 aliphatic carbocycles. The Labute approximate surface area is 204 Å². The molecule has 8 nitrogen and oxygen atoms in total. The van der Waals surface area contributed by atoms with Gasteiger partial charge in [0.2, 0.25) is 5.91 Å². The topological polar surface area (TPSA) is 105 Å². The molecule has 8 heteroatoms. The SMILES string of the molecule is O=C(NCCOCCC(=O)N1CC[C@H]2C(C(=O)O)[C@H]2C1)OCC1c2ccccc2-c2ccccc21. The molecule has 2 aromatic carbocycles. The molecule has 0 spiro atoms. The van der Waals surface area contributed by atoms with Crippen LogP contribution in [0, 0.1) is 17.8 Å². The monoisotopic (exact) mass is 478 g/mol. The third-order valence-corrected chi connectivity index (χ3v) is 7.45. The summed E-state index contributed by atoms with van der Waals surface area (Å²) in [5.41, 5.74) is 4.70. The number of nitrogens with one attached hydrogen (secondary N) is 1. The smallest absolute Gasteiger partial charge is 0.407 e. The van der Waals surface area contributed by atoms with Crippen LogP contribution < -0.4 is 5.32 Å². The standard InChI is InChI=1S/C27H30N2O6/c30-24(29-12-9-21-22(15-29)25(21)26(31)32)10-13-34-14-11-28-27(33)35-16-23-19-7-3-1-5-17(19)18-6-2-4-8-20(18)23/h1-8,21-23,25H,9-16H2,(H,28,33)(H,31,32)/t21-,22+,25?/m1/s1. The van der Waals surface area contributed by atoms with Gasteiger partial charge in [-0.15, -0.1) is 0 Å². The Bertz CT molecular complexity index is 1070. The number of hydrogen-bond donors (Lipinski definition) is 2. The van der Waals surface area contributed by atoms with Crippen molar-refractivity contribution in [1.29, 1.82) is 0 Å². The molecule has 3 atom stereocenters. The molecule has 0 radical (unpaired) electrons. The van der Waals surface area contributed by atoms with E-state index in [1.807, 2.05) is 24.3 Å². The van der Waals surface area contributed by atoms with Gasteiger partial charge < -0.3 is 24.8 Å². The summed E-state index contributed by atoms with van der Waals surface area (Å²) in [5.74, 6) is -0.690. The highest BCUT2D eigenvalue weighted by molar-refractivity contribution is 5.79. The summed E-state index contributed by atoms with van der Waals surface area (Å²) in [6, 6.07) is 16.4. The number of carbonyl (C=O) groups excluding carboxylic acids is 2. The zero-order valence-electron chi connectivity index (χ0n) is 19.5. The average molecular weight is 479 g/mol. The number of benzene rings is 2. The number of carboxylic acid groups (broad SMARTS) is 1. The van der Waals surface area contributed by atoms with E-state index in [1.54, 1.807) is 4.90 Å². The zero-order chi connectivity index (χ0) is 24.4. The lowest BCUT2D eigenvalue weighted by molar-refractivity contribution is -0.139. The minimum atomic E-state index is -0.749. The molecule has 184 valence electrons. The van der Waals surface area contributed by atoms with Crippen LogP contribution in [0.3, 0.4) is 0 Å². The predicted molar refractivity (Wildman–Crippen MR) is 128 cm³/mol. The van der Waals surface area contributed by atoms with E-state index in [9.17, 15) is 19.5 Å². The Morgan fingerprint density at radius 3 is 2.34 bits per heavy atom. The molecule has 2 N–H and O–H groups in total. The van der Waals surface area contributed by atoms with Gasteiger partial charge in [-0.1, -0.05) is 48.5 Å². The van der Waals surface area contributed by atoms with Crippen LogP contribution in [-0.2, 0) is 19.1 Å². The maximum Gasteiger partial charge on any atom is 0.407 e. The van der Waals surface area contributed by atoms with Crippen LogP contribution in [0.15, 0.2) is 48.5 Å². The number of aliphatic carboxylic acids is 1. The summed E-state index contributed by atoms with van der Waals surface area (Å²) in [6.07, 6.45) is 0.519. The third kappa shape index (κ3) is 4.89. The molecule has 1 heterocycles. The lowest BCUT2D eigenvalue weighted by atomic mass is 9.98. The first-order valence-corrected chi connectivity index (χ1v) is 12.2. The summed E-state index contributed by atoms with van der Waals surface area (Å²) >= 11 is 0. The van der Waals surface area contributed by atoms with Crippen molar-refractivity contribution in [3.8, 4) is 11.1 Å². The quantitative estimate of drug-likeness (QED) is 0.537. The first kappa shape index (κ1) is 23.4. The Morgan fingerprint density at radius 1 is 0.971 bits per heavy atom. The Hall–Kier alpha value is -3.39. The first-order valence-electron chi connectivity index (χ1n) is 12.2. The number of amides is 2. The molecular weight excluding hydrogens is 448 g/mol. The molecule has 3 aliphatic rings. The highest BCUT2D eigenvalue weighted by Crippen LogP contribution is 2.51. The van der Waals surface area contributed by atoms with Gasteiger partial charge in [0.05, 0.1) is 25.6 Å². The number of fused-ring (bicyclic) bond motifs is 4. The van der Waals surface area contributed by atoms with Crippen molar-refractivity contribution in [3.63, 3.8) is 0 Å². The van der Waals surface area contributed by atoms with Crippen LogP contribution in [0.4, 0.5) is 4.79 Å². The lowest BCUT2D eigenvalue weighted by Crippen LogP contribution is -2.37. The van der Waals surface area contributed by atoms with E-state index in [0.29, 0.717) is 19.6 Å². The molecule has 2 fully saturated rings. The second kappa shape index (κ2) is 10.1. The summed E-state index contributed by atoms with van der Waals surface area (Å²) in [4.78, 5) is 37.5. The lowest BCUT2D eigenvalue weighted by Gasteiger charge is -2.26. The van der Waals surface area contributed by atoms with E-state index in [2.05, 4.69) is 29.6 Å². The van der Waals surface area contributed by atoms with Crippen molar-refractivity contribution in [2.75, 3.05) is 39.5 Å². The van der Waals surface area contributed by atoms with Crippen molar-refractivity contribution >= 4 is 18.0 Å². The van der Waals surface area contributed by atoms with Crippen LogP contribution in [0.2, 0.25) is 0 Å². The predicted octanol–water partition coefficient (Wildman–Crippen LogP) is 3.11. The number of nitrogens with zero attached hydrogens (tertiary/aromatic N) is 1. The summed E-state index contributed by atoms with van der Waals surface area (Å²) < 4.78 is 11.0. The van der Waals surface area contributed by atoms with E-state index in [0.717, 1.165) is 6.42 Å². The number of likely N-dealkylation sites (tertiary alicyclic amines) is 1. The van der Waals surface area contributed by atoms with Crippen molar-refractivity contribution in [1.82, 2.24) is 10.2 Å². The Balaban J connectivity index is 0.978. The van der Waals surface area contributed by atoms with E-state index in [4.69, 9.17) is 9.47 Å². The van der Waals surface area contributed by atoms with Gasteiger partial charge >= 0.3 is 12.1 Å². The second-order valence-electron chi connectivity index (χ2n) is 9.43. The molecule has 2 aromatic rings. The fourth-order valence-electron chi connectivity index (χ4n) is 5.63. The van der Waals surface area contributed by atoms with Crippen molar-refractivity contribution in [3.05, 3.63) is 59.7 Å². The minimum absolute atomic E-state index is 0.0102. The molecule has 1 aliphatic heterocycles. The number of ether oxygens (including phenoxy) is 2. The molecule has 0 aromatic heterocycles. The Kier molecular flexibility index (Phi) is 6.72. The van der Waals surface area contributed by atoms with Crippen LogP contribution in [0.5, 0.6) is 0 Å². The van der Waals surface area contributed by atoms with Crippen LogP contribution >= 0.6 is 0 Å². The van der Waals surface area contributed by atoms with Crippen LogP contribution in [0.25, 0.3) is 11.1 Å². The zero-order valence-corrected chi connectivity index (χ0v) is 19.5. The fourth-order valence-corrected chi connectivity index (χ4v) is 5.63. The van der Waals surface area contributed by atoms with Gasteiger partial charge in [-0.3, -0.25) is 9.59 Å². The maximum atomic E-state index is 12.4. The highest BCUT2D eigenvalue weighted by atomic mass is 16.5. The molecule has 5 rings (SSSR count). The molecule has 1 unspecified atom stereocenters. The number of rotatable bonds is 9. The van der Waals surface area contributed by atoms with Crippen molar-refractivity contribution in [2.45, 2.75) is 18.8 Å². The summed E-state index contributed by atoms with van der Waals surface area (Å²) in [6.45, 7) is 2.24. The van der Waals surface area contributed by atoms with Crippen molar-refractivity contribution in [2.24, 2.45) is 17.8 Å². The number of hydrogen-bond acceptors (Lipinski definition) is 5. The molecule has 2 amide bonds. The van der Waals surface area contributed by atoms with Gasteiger partial charge in [-0.2, -0.15) is 0 Å². The number of carbonyl (C=O) groups is 3. The summed E-state index contributed by atoms with van der Waals surface area (Å²) in [5, 5.41) is 11.9. The van der Waals surface area contributed by atoms with Gasteiger partial charge in [0.15, 0.2) is 0 Å². The van der Waals surface area contributed by atoms with Crippen LogP contribution in [-0.4, -0.2) is 67.4 Å². The first-order chi connectivity index (χ1) is 17.0. The van der Waals surface area contributed by atoms with Gasteiger partial charge in [0.25, 0.3) is 0 Å². The molecule has 0 bridgehead atoms. The highest BCUT2D eigenvalue weighted by Gasteiger charge is 2.57. The Morgan fingerprint density at radius 2 is 1.66 bits per heavy atom. The number of carboxylic acids is 1. The normalized spacial score (nSPS) is 22.1. The van der Waals surface area contributed by atoms with Gasteiger partial charge in [0.1, 0.15) is 6.61 Å². The van der Waals surface area contributed by atoms with E-state index >= 15 is 0 Å². The molecular formula is C27H30N2O6. The van der Waals surface area contributed by atoms with Gasteiger partial charge in [-0.05, 0) is 40.5 Å². The van der Waals surface area contributed by atoms with Crippen LogP contribution in [0.1, 0.15) is 29.9 Å². The minimum Gasteiger partial charge on any atom is -0.481 e. The van der Waals surface area contributed by atoms with E-state index in [-0.39, 0.29) is 55.8 Å². The molecule has 1 saturated carbocycles. The van der Waals surface area contributed by atoms with Gasteiger partial charge in [0, 0.05) is 25.6 Å². The number of alkyl carbamates (subject to hydrolysis) is 1. The third-order valence-electron chi connectivity index (χ3n) is 7.45. The molecule has 1 saturated heterocycles. The van der Waals surface area contributed by atoms with E-state index < -0.39 is 12.1 Å². The van der Waals surface area contributed by atoms with E-state index in [1.165, 1.54) is 22.3 Å². The van der Waals surface area contributed by atoms with Gasteiger partial charge in [-0.25, -0.2) is 4.79 Å².